The van der Waals surface area contributed by atoms with Crippen LogP contribution in [-0.4, -0.2) is 19.5 Å². The lowest BCUT2D eigenvalue weighted by Gasteiger charge is -2.11. The minimum absolute atomic E-state index is 0.192. The molecule has 0 aliphatic heterocycles. The summed E-state index contributed by atoms with van der Waals surface area (Å²) >= 11 is 0. The van der Waals surface area contributed by atoms with E-state index in [0.29, 0.717) is 16.6 Å². The third-order valence-corrected chi connectivity index (χ3v) is 3.41. The van der Waals surface area contributed by atoms with E-state index in [-0.39, 0.29) is 17.2 Å². The molecule has 3 aromatic heterocycles. The Morgan fingerprint density at radius 2 is 1.96 bits per heavy atom. The van der Waals surface area contributed by atoms with Gasteiger partial charge in [0.25, 0.3) is 0 Å². The fourth-order valence-corrected chi connectivity index (χ4v) is 2.39. The van der Waals surface area contributed by atoms with Crippen LogP contribution < -0.4 is 0 Å². The van der Waals surface area contributed by atoms with Gasteiger partial charge in [-0.3, -0.25) is 0 Å². The van der Waals surface area contributed by atoms with E-state index in [1.165, 1.54) is 19.2 Å². The Balaban J connectivity index is 2.34. The van der Waals surface area contributed by atoms with Crippen LogP contribution in [0.3, 0.4) is 0 Å². The monoisotopic (exact) mass is 317 g/mol. The molecule has 0 saturated heterocycles. The first-order chi connectivity index (χ1) is 10.8. The average molecular weight is 317 g/mol. The van der Waals surface area contributed by atoms with Gasteiger partial charge in [-0.1, -0.05) is 0 Å². The van der Waals surface area contributed by atoms with Crippen molar-refractivity contribution in [2.45, 2.75) is 13.1 Å². The van der Waals surface area contributed by atoms with Crippen molar-refractivity contribution >= 4 is 11.0 Å². The Kier molecular flexibility index (Phi) is 3.29. The molecular formula is C15H10F3N5. The molecule has 3 aromatic rings. The summed E-state index contributed by atoms with van der Waals surface area (Å²) in [5.41, 5.74) is -0.178. The first-order valence-corrected chi connectivity index (χ1v) is 6.58. The Hall–Kier alpha value is -2.95. The first kappa shape index (κ1) is 15.0. The van der Waals surface area contributed by atoms with Gasteiger partial charge in [-0.15, -0.1) is 0 Å². The third-order valence-electron chi connectivity index (χ3n) is 3.41. The van der Waals surface area contributed by atoms with Gasteiger partial charge in [-0.05, 0) is 19.1 Å². The zero-order valence-corrected chi connectivity index (χ0v) is 12.2. The standard InChI is InChI=1S/C15H10F3N5/c1-8-20-6-12(15(16,17)18)13(21-8)11-7-23(2)14-10(11)4-3-9(5-19)22-14/h3-4,6-7H,1-2H3. The molecule has 3 heterocycles. The zero-order valence-electron chi connectivity index (χ0n) is 12.2. The summed E-state index contributed by atoms with van der Waals surface area (Å²) in [4.78, 5) is 11.8. The highest BCUT2D eigenvalue weighted by Crippen LogP contribution is 2.38. The summed E-state index contributed by atoms with van der Waals surface area (Å²) < 4.78 is 41.3. The van der Waals surface area contributed by atoms with E-state index in [4.69, 9.17) is 5.26 Å². The molecule has 0 unspecified atom stereocenters. The van der Waals surface area contributed by atoms with Crippen LogP contribution >= 0.6 is 0 Å². The maximum Gasteiger partial charge on any atom is 0.419 e. The number of aromatic nitrogens is 4. The van der Waals surface area contributed by atoms with Crippen LogP contribution in [0.2, 0.25) is 0 Å². The van der Waals surface area contributed by atoms with Crippen molar-refractivity contribution in [3.63, 3.8) is 0 Å². The molecular weight excluding hydrogens is 307 g/mol. The molecule has 3 rings (SSSR count). The van der Waals surface area contributed by atoms with Crippen LogP contribution in [-0.2, 0) is 13.2 Å². The molecule has 0 atom stereocenters. The molecule has 0 fully saturated rings. The summed E-state index contributed by atoms with van der Waals surface area (Å²) in [7, 11) is 1.65. The Morgan fingerprint density at radius 3 is 2.61 bits per heavy atom. The minimum Gasteiger partial charge on any atom is -0.335 e. The zero-order chi connectivity index (χ0) is 16.8. The predicted octanol–water partition coefficient (Wildman–Crippen LogP) is 3.23. The van der Waals surface area contributed by atoms with Gasteiger partial charge in [-0.2, -0.15) is 18.4 Å². The number of fused-ring (bicyclic) bond motifs is 1. The fourth-order valence-electron chi connectivity index (χ4n) is 2.39. The summed E-state index contributed by atoms with van der Waals surface area (Å²) in [6.07, 6.45) is -2.26. The molecule has 0 spiro atoms. The number of nitrogens with zero attached hydrogens (tertiary/aromatic N) is 5. The number of hydrogen-bond donors (Lipinski definition) is 0. The van der Waals surface area contributed by atoms with Crippen LogP contribution in [0.1, 0.15) is 17.1 Å². The van der Waals surface area contributed by atoms with Crippen LogP contribution in [0.15, 0.2) is 24.5 Å². The number of hydrogen-bond acceptors (Lipinski definition) is 4. The maximum absolute atomic E-state index is 13.2. The normalized spacial score (nSPS) is 11.7. The smallest absolute Gasteiger partial charge is 0.335 e. The van der Waals surface area contributed by atoms with Crippen molar-refractivity contribution in [3.8, 4) is 17.3 Å². The molecule has 23 heavy (non-hydrogen) atoms. The van der Waals surface area contributed by atoms with Crippen molar-refractivity contribution in [1.82, 2.24) is 19.5 Å². The van der Waals surface area contributed by atoms with Crippen LogP contribution in [0.25, 0.3) is 22.3 Å². The lowest BCUT2D eigenvalue weighted by Crippen LogP contribution is -2.10. The largest absolute Gasteiger partial charge is 0.419 e. The third kappa shape index (κ3) is 2.50. The van der Waals surface area contributed by atoms with Gasteiger partial charge in [0.15, 0.2) is 0 Å². The highest BCUT2D eigenvalue weighted by Gasteiger charge is 2.36. The second-order valence-electron chi connectivity index (χ2n) is 5.01. The molecule has 0 aliphatic rings. The SMILES string of the molecule is Cc1ncc(C(F)(F)F)c(-c2cn(C)c3nc(C#N)ccc23)n1. The Morgan fingerprint density at radius 1 is 1.22 bits per heavy atom. The van der Waals surface area contributed by atoms with E-state index in [1.54, 1.807) is 17.7 Å². The second kappa shape index (κ2) is 5.05. The number of halogens is 3. The van der Waals surface area contributed by atoms with Gasteiger partial charge in [0.2, 0.25) is 0 Å². The number of alkyl halides is 3. The van der Waals surface area contributed by atoms with Crippen molar-refractivity contribution in [2.75, 3.05) is 0 Å². The van der Waals surface area contributed by atoms with Gasteiger partial charge in [0.05, 0.1) is 5.69 Å². The summed E-state index contributed by atoms with van der Waals surface area (Å²) in [5.74, 6) is 0.242. The molecule has 0 bridgehead atoms. The summed E-state index contributed by atoms with van der Waals surface area (Å²) in [6, 6.07) is 4.95. The second-order valence-corrected chi connectivity index (χ2v) is 5.01. The minimum atomic E-state index is -4.56. The van der Waals surface area contributed by atoms with E-state index in [2.05, 4.69) is 15.0 Å². The number of rotatable bonds is 1. The van der Waals surface area contributed by atoms with Gasteiger partial charge in [0, 0.05) is 30.4 Å². The highest BCUT2D eigenvalue weighted by atomic mass is 19.4. The van der Waals surface area contributed by atoms with Crippen LogP contribution in [0.4, 0.5) is 13.2 Å². The molecule has 5 nitrogen and oxygen atoms in total. The van der Waals surface area contributed by atoms with Crippen LogP contribution in [0.5, 0.6) is 0 Å². The van der Waals surface area contributed by atoms with E-state index in [0.717, 1.165) is 6.20 Å². The van der Waals surface area contributed by atoms with E-state index in [9.17, 15) is 13.2 Å². The fraction of sp³-hybridized carbons (Fsp3) is 0.200. The molecule has 8 heteroatoms. The average Bonchev–Trinajstić information content (AvgIpc) is 2.82. The Labute approximate surface area is 129 Å². The van der Waals surface area contributed by atoms with Gasteiger partial charge in [0.1, 0.15) is 28.8 Å². The van der Waals surface area contributed by atoms with Crippen molar-refractivity contribution < 1.29 is 13.2 Å². The quantitative estimate of drug-likeness (QED) is 0.691. The van der Waals surface area contributed by atoms with Gasteiger partial charge >= 0.3 is 6.18 Å². The maximum atomic E-state index is 13.2. The lowest BCUT2D eigenvalue weighted by molar-refractivity contribution is -0.137. The molecule has 0 aliphatic carbocycles. The molecule has 0 aromatic carbocycles. The van der Waals surface area contributed by atoms with Gasteiger partial charge < -0.3 is 4.57 Å². The topological polar surface area (TPSA) is 67.4 Å². The Bertz CT molecular complexity index is 950. The van der Waals surface area contributed by atoms with Crippen molar-refractivity contribution in [2.24, 2.45) is 7.05 Å². The molecule has 0 saturated carbocycles. The molecule has 116 valence electrons. The number of aryl methyl sites for hydroxylation is 2. The van der Waals surface area contributed by atoms with Gasteiger partial charge in [-0.25, -0.2) is 15.0 Å². The van der Waals surface area contributed by atoms with Crippen molar-refractivity contribution in [3.05, 3.63) is 41.6 Å². The predicted molar refractivity (Wildman–Crippen MR) is 76.2 cm³/mol. The molecule has 0 N–H and O–H groups in total. The lowest BCUT2D eigenvalue weighted by atomic mass is 10.1. The molecule has 0 radical (unpaired) electrons. The van der Waals surface area contributed by atoms with E-state index >= 15 is 0 Å². The van der Waals surface area contributed by atoms with Crippen LogP contribution in [0, 0.1) is 18.3 Å². The summed E-state index contributed by atoms with van der Waals surface area (Å²) in [5, 5.41) is 9.40. The van der Waals surface area contributed by atoms with E-state index < -0.39 is 11.7 Å². The molecule has 0 amide bonds. The summed E-state index contributed by atoms with van der Waals surface area (Å²) in [6.45, 7) is 1.53. The van der Waals surface area contributed by atoms with E-state index in [1.807, 2.05) is 6.07 Å². The van der Waals surface area contributed by atoms with Crippen molar-refractivity contribution in [1.29, 1.82) is 5.26 Å². The number of pyridine rings is 1. The number of nitriles is 1. The first-order valence-electron chi connectivity index (χ1n) is 6.58. The highest BCUT2D eigenvalue weighted by molar-refractivity contribution is 5.94.